The van der Waals surface area contributed by atoms with Crippen molar-refractivity contribution in [3.8, 4) is 0 Å². The van der Waals surface area contributed by atoms with Gasteiger partial charge in [0.15, 0.2) is 0 Å². The number of nitrogens with zero attached hydrogens (tertiary/aromatic N) is 2. The Bertz CT molecular complexity index is 516. The molecule has 1 amide bonds. The van der Waals surface area contributed by atoms with E-state index in [-0.39, 0.29) is 18.0 Å². The van der Waals surface area contributed by atoms with Crippen molar-refractivity contribution in [2.45, 2.75) is 6.42 Å². The zero-order valence-corrected chi connectivity index (χ0v) is 10.8. The summed E-state index contributed by atoms with van der Waals surface area (Å²) < 4.78 is 0. The van der Waals surface area contributed by atoms with Gasteiger partial charge in [-0.1, -0.05) is 0 Å². The molecule has 3 N–H and O–H groups in total. The Hall–Kier alpha value is -2.08. The van der Waals surface area contributed by atoms with E-state index in [0.717, 1.165) is 24.3 Å². The predicted molar refractivity (Wildman–Crippen MR) is 72.7 cm³/mol. The van der Waals surface area contributed by atoms with E-state index in [9.17, 15) is 9.59 Å². The van der Waals surface area contributed by atoms with Crippen LogP contribution in [0.15, 0.2) is 18.2 Å². The molecule has 19 heavy (non-hydrogen) atoms. The van der Waals surface area contributed by atoms with Crippen LogP contribution in [0.3, 0.4) is 0 Å². The molecule has 6 nitrogen and oxygen atoms in total. The molecule has 0 saturated carbocycles. The van der Waals surface area contributed by atoms with Crippen LogP contribution in [0.2, 0.25) is 0 Å². The predicted octanol–water partition coefficient (Wildman–Crippen LogP) is 0.516. The van der Waals surface area contributed by atoms with Crippen LogP contribution >= 0.6 is 0 Å². The Balaban J connectivity index is 2.50. The molecule has 0 aliphatic carbocycles. The zero-order valence-electron chi connectivity index (χ0n) is 10.8. The number of hydrogen-bond acceptors (Lipinski definition) is 4. The second-order valence-corrected chi connectivity index (χ2v) is 4.53. The summed E-state index contributed by atoms with van der Waals surface area (Å²) in [6.07, 6.45) is 0.819. The third-order valence-electron chi connectivity index (χ3n) is 3.28. The fourth-order valence-corrected chi connectivity index (χ4v) is 2.27. The Morgan fingerprint density at radius 1 is 1.32 bits per heavy atom. The summed E-state index contributed by atoms with van der Waals surface area (Å²) in [4.78, 5) is 26.5. The largest absolute Gasteiger partial charge is 0.478 e. The van der Waals surface area contributed by atoms with Crippen molar-refractivity contribution in [1.82, 2.24) is 0 Å². The Morgan fingerprint density at radius 3 is 2.68 bits per heavy atom. The van der Waals surface area contributed by atoms with E-state index in [1.165, 1.54) is 6.07 Å². The normalized spacial score (nSPS) is 14.8. The number of fused-ring (bicyclic) bond motifs is 1. The number of carbonyl (C=O) groups is 2. The zero-order chi connectivity index (χ0) is 14.0. The summed E-state index contributed by atoms with van der Waals surface area (Å²) in [6, 6.07) is 4.78. The SMILES string of the molecule is CN1CCCN(C(=O)CN)c2ccc(C(=O)O)cc21. The number of amides is 1. The molecular weight excluding hydrogens is 246 g/mol. The fraction of sp³-hybridized carbons (Fsp3) is 0.385. The van der Waals surface area contributed by atoms with Crippen LogP contribution < -0.4 is 15.5 Å². The van der Waals surface area contributed by atoms with Gasteiger partial charge in [-0.2, -0.15) is 0 Å². The fourth-order valence-electron chi connectivity index (χ4n) is 2.27. The average molecular weight is 263 g/mol. The van der Waals surface area contributed by atoms with Crippen LogP contribution in [0.1, 0.15) is 16.8 Å². The molecule has 0 aromatic heterocycles. The van der Waals surface area contributed by atoms with Crippen molar-refractivity contribution in [2.24, 2.45) is 5.73 Å². The van der Waals surface area contributed by atoms with Gasteiger partial charge < -0.3 is 20.6 Å². The van der Waals surface area contributed by atoms with Crippen molar-refractivity contribution >= 4 is 23.3 Å². The quantitative estimate of drug-likeness (QED) is 0.812. The molecule has 0 spiro atoms. The smallest absolute Gasteiger partial charge is 0.335 e. The summed E-state index contributed by atoms with van der Waals surface area (Å²) in [5.41, 5.74) is 7.11. The van der Waals surface area contributed by atoms with Gasteiger partial charge in [0.05, 0.1) is 23.5 Å². The number of benzene rings is 1. The molecule has 0 atom stereocenters. The van der Waals surface area contributed by atoms with Crippen LogP contribution in [0.25, 0.3) is 0 Å². The van der Waals surface area contributed by atoms with Gasteiger partial charge in [-0.15, -0.1) is 0 Å². The molecule has 0 saturated heterocycles. The van der Waals surface area contributed by atoms with Crippen molar-refractivity contribution in [3.63, 3.8) is 0 Å². The first-order valence-corrected chi connectivity index (χ1v) is 6.13. The van der Waals surface area contributed by atoms with Crippen molar-refractivity contribution in [2.75, 3.05) is 36.5 Å². The van der Waals surface area contributed by atoms with Gasteiger partial charge in [-0.3, -0.25) is 4.79 Å². The topological polar surface area (TPSA) is 86.9 Å². The van der Waals surface area contributed by atoms with Crippen LogP contribution in [-0.4, -0.2) is 43.7 Å². The first-order valence-electron chi connectivity index (χ1n) is 6.13. The average Bonchev–Trinajstić information content (AvgIpc) is 2.57. The maximum Gasteiger partial charge on any atom is 0.335 e. The number of anilines is 2. The van der Waals surface area contributed by atoms with Crippen molar-refractivity contribution in [3.05, 3.63) is 23.8 Å². The molecule has 0 unspecified atom stereocenters. The standard InChI is InChI=1S/C13H17N3O3/c1-15-5-2-6-16(12(17)8-14)10-4-3-9(13(18)19)7-11(10)15/h3-4,7H,2,5-6,8,14H2,1H3,(H,18,19). The molecule has 0 fully saturated rings. The second kappa shape index (κ2) is 5.27. The van der Waals surface area contributed by atoms with Gasteiger partial charge in [-0.05, 0) is 24.6 Å². The molecule has 102 valence electrons. The first kappa shape index (κ1) is 13.4. The lowest BCUT2D eigenvalue weighted by Crippen LogP contribution is -2.36. The molecule has 1 aliphatic rings. The Labute approximate surface area is 111 Å². The minimum atomic E-state index is -0.975. The highest BCUT2D eigenvalue weighted by Crippen LogP contribution is 2.32. The summed E-state index contributed by atoms with van der Waals surface area (Å²) in [5.74, 6) is -1.13. The highest BCUT2D eigenvalue weighted by molar-refractivity contribution is 6.00. The molecule has 6 heteroatoms. The number of carboxylic acid groups (broad SMARTS) is 1. The minimum absolute atomic E-state index is 0.0517. The number of hydrogen-bond donors (Lipinski definition) is 2. The van der Waals surface area contributed by atoms with Crippen LogP contribution in [0, 0.1) is 0 Å². The van der Waals surface area contributed by atoms with E-state index in [1.807, 2.05) is 11.9 Å². The third-order valence-corrected chi connectivity index (χ3v) is 3.28. The summed E-state index contributed by atoms with van der Waals surface area (Å²) >= 11 is 0. The maximum atomic E-state index is 11.9. The van der Waals surface area contributed by atoms with Gasteiger partial charge in [-0.25, -0.2) is 4.79 Å². The summed E-state index contributed by atoms with van der Waals surface area (Å²) in [6.45, 7) is 1.31. The van der Waals surface area contributed by atoms with E-state index < -0.39 is 5.97 Å². The highest BCUT2D eigenvalue weighted by Gasteiger charge is 2.23. The van der Waals surface area contributed by atoms with Crippen molar-refractivity contribution in [1.29, 1.82) is 0 Å². The molecule has 2 rings (SSSR count). The number of rotatable bonds is 2. The molecular formula is C13H17N3O3. The van der Waals surface area contributed by atoms with E-state index in [4.69, 9.17) is 10.8 Å². The van der Waals surface area contributed by atoms with Crippen LogP contribution in [0.5, 0.6) is 0 Å². The van der Waals surface area contributed by atoms with E-state index in [1.54, 1.807) is 17.0 Å². The monoisotopic (exact) mass is 263 g/mol. The Kier molecular flexibility index (Phi) is 3.71. The number of carbonyl (C=O) groups excluding carboxylic acids is 1. The van der Waals surface area contributed by atoms with E-state index in [2.05, 4.69) is 0 Å². The summed E-state index contributed by atoms with van der Waals surface area (Å²) in [7, 11) is 1.89. The van der Waals surface area contributed by atoms with Gasteiger partial charge >= 0.3 is 5.97 Å². The molecule has 1 aromatic carbocycles. The number of aromatic carboxylic acids is 1. The van der Waals surface area contributed by atoms with E-state index in [0.29, 0.717) is 6.54 Å². The lowest BCUT2D eigenvalue weighted by molar-refractivity contribution is -0.117. The van der Waals surface area contributed by atoms with Gasteiger partial charge in [0, 0.05) is 20.1 Å². The van der Waals surface area contributed by atoms with Gasteiger partial charge in [0.25, 0.3) is 0 Å². The maximum absolute atomic E-state index is 11.9. The highest BCUT2D eigenvalue weighted by atomic mass is 16.4. The number of carboxylic acids is 1. The number of nitrogens with two attached hydrogens (primary N) is 1. The first-order chi connectivity index (χ1) is 9.04. The third kappa shape index (κ3) is 2.53. The molecule has 0 radical (unpaired) electrons. The van der Waals surface area contributed by atoms with Crippen molar-refractivity contribution < 1.29 is 14.7 Å². The molecule has 1 aromatic rings. The van der Waals surface area contributed by atoms with Gasteiger partial charge in [0.1, 0.15) is 0 Å². The molecule has 1 aliphatic heterocycles. The molecule has 0 bridgehead atoms. The minimum Gasteiger partial charge on any atom is -0.478 e. The van der Waals surface area contributed by atoms with E-state index >= 15 is 0 Å². The summed E-state index contributed by atoms with van der Waals surface area (Å²) in [5, 5.41) is 9.05. The Morgan fingerprint density at radius 2 is 2.05 bits per heavy atom. The lowest BCUT2D eigenvalue weighted by atomic mass is 10.1. The molecule has 1 heterocycles. The lowest BCUT2D eigenvalue weighted by Gasteiger charge is -2.24. The van der Waals surface area contributed by atoms with Crippen LogP contribution in [-0.2, 0) is 4.79 Å². The van der Waals surface area contributed by atoms with Gasteiger partial charge in [0.2, 0.25) is 5.91 Å². The van der Waals surface area contributed by atoms with Crippen LogP contribution in [0.4, 0.5) is 11.4 Å². The second-order valence-electron chi connectivity index (χ2n) is 4.53.